The first-order chi connectivity index (χ1) is 5.81. The van der Waals surface area contributed by atoms with Crippen LogP contribution in [0.3, 0.4) is 0 Å². The summed E-state index contributed by atoms with van der Waals surface area (Å²) in [7, 11) is 0. The molecule has 0 aromatic heterocycles. The lowest BCUT2D eigenvalue weighted by Crippen LogP contribution is -1.99. The molecule has 0 bridgehead atoms. The first-order valence-corrected chi connectivity index (χ1v) is 4.29. The largest absolute Gasteiger partial charge is 0.326 e. The molecule has 1 aromatic rings. The van der Waals surface area contributed by atoms with Gasteiger partial charge in [0, 0.05) is 12.1 Å². The Labute approximate surface area is 83.5 Å². The Hall–Kier alpha value is -0.600. The molecule has 2 rings (SSSR count). The van der Waals surface area contributed by atoms with Gasteiger partial charge < -0.3 is 5.73 Å². The van der Waals surface area contributed by atoms with Crippen molar-refractivity contribution in [2.24, 2.45) is 5.73 Å². The van der Waals surface area contributed by atoms with E-state index in [-0.39, 0.29) is 24.8 Å². The Kier molecular flexibility index (Phi) is 3.28. The van der Waals surface area contributed by atoms with Crippen LogP contribution in [0.1, 0.15) is 29.9 Å². The van der Waals surface area contributed by atoms with Crippen LogP contribution in [0.2, 0.25) is 0 Å². The van der Waals surface area contributed by atoms with E-state index in [4.69, 9.17) is 5.73 Å². The standard InChI is InChI=1S/C10H12FN.ClH/c11-10-5-8(7-1-2-7)3-4-9(10)6-12;/h3-5,7H,1-2,6,12H2;1H. The maximum absolute atomic E-state index is 13.2. The topological polar surface area (TPSA) is 26.0 Å². The van der Waals surface area contributed by atoms with E-state index in [0.717, 1.165) is 5.56 Å². The van der Waals surface area contributed by atoms with Crippen molar-refractivity contribution in [2.75, 3.05) is 0 Å². The minimum Gasteiger partial charge on any atom is -0.326 e. The fraction of sp³-hybridized carbons (Fsp3) is 0.400. The first-order valence-electron chi connectivity index (χ1n) is 4.29. The van der Waals surface area contributed by atoms with Gasteiger partial charge in [-0.1, -0.05) is 12.1 Å². The predicted molar refractivity (Wildman–Crippen MR) is 53.5 cm³/mol. The van der Waals surface area contributed by atoms with Crippen molar-refractivity contribution in [3.8, 4) is 0 Å². The molecule has 1 aliphatic rings. The van der Waals surface area contributed by atoms with Gasteiger partial charge in [0.15, 0.2) is 0 Å². The summed E-state index contributed by atoms with van der Waals surface area (Å²) in [5.74, 6) is 0.466. The van der Waals surface area contributed by atoms with Gasteiger partial charge in [-0.15, -0.1) is 12.4 Å². The summed E-state index contributed by atoms with van der Waals surface area (Å²) >= 11 is 0. The summed E-state index contributed by atoms with van der Waals surface area (Å²) in [6, 6.07) is 5.41. The molecule has 2 N–H and O–H groups in total. The van der Waals surface area contributed by atoms with Gasteiger partial charge in [0.1, 0.15) is 5.82 Å². The number of benzene rings is 1. The number of halogens is 2. The lowest BCUT2D eigenvalue weighted by Gasteiger charge is -2.02. The molecule has 0 spiro atoms. The molecular formula is C10H13ClFN. The van der Waals surface area contributed by atoms with Crippen LogP contribution in [0.25, 0.3) is 0 Å². The molecule has 1 aromatic carbocycles. The molecule has 0 aliphatic heterocycles. The lowest BCUT2D eigenvalue weighted by atomic mass is 10.1. The zero-order valence-electron chi connectivity index (χ0n) is 7.29. The van der Waals surface area contributed by atoms with Crippen LogP contribution in [0.15, 0.2) is 18.2 Å². The molecule has 13 heavy (non-hydrogen) atoms. The third kappa shape index (κ3) is 2.20. The highest BCUT2D eigenvalue weighted by Crippen LogP contribution is 2.40. The summed E-state index contributed by atoms with van der Waals surface area (Å²) in [5.41, 5.74) is 7.09. The normalized spacial score (nSPS) is 15.2. The number of hydrogen-bond donors (Lipinski definition) is 1. The van der Waals surface area contributed by atoms with Crippen LogP contribution in [0.5, 0.6) is 0 Å². The molecule has 3 heteroatoms. The zero-order chi connectivity index (χ0) is 8.55. The number of nitrogens with two attached hydrogens (primary N) is 1. The third-order valence-electron chi connectivity index (χ3n) is 2.35. The predicted octanol–water partition coefficient (Wildman–Crippen LogP) is 2.58. The van der Waals surface area contributed by atoms with Crippen molar-refractivity contribution in [3.05, 3.63) is 35.1 Å². The number of rotatable bonds is 2. The maximum atomic E-state index is 13.2. The average molecular weight is 202 g/mol. The van der Waals surface area contributed by atoms with Gasteiger partial charge in [-0.2, -0.15) is 0 Å². The van der Waals surface area contributed by atoms with Crippen molar-refractivity contribution in [2.45, 2.75) is 25.3 Å². The van der Waals surface area contributed by atoms with Crippen LogP contribution in [-0.4, -0.2) is 0 Å². The van der Waals surface area contributed by atoms with Crippen LogP contribution >= 0.6 is 12.4 Å². The van der Waals surface area contributed by atoms with Crippen molar-refractivity contribution in [3.63, 3.8) is 0 Å². The highest BCUT2D eigenvalue weighted by Gasteiger charge is 2.23. The van der Waals surface area contributed by atoms with Gasteiger partial charge in [-0.25, -0.2) is 4.39 Å². The lowest BCUT2D eigenvalue weighted by molar-refractivity contribution is 0.608. The van der Waals surface area contributed by atoms with Gasteiger partial charge in [0.25, 0.3) is 0 Å². The smallest absolute Gasteiger partial charge is 0.127 e. The maximum Gasteiger partial charge on any atom is 0.127 e. The van der Waals surface area contributed by atoms with E-state index in [0.29, 0.717) is 11.5 Å². The summed E-state index contributed by atoms with van der Waals surface area (Å²) < 4.78 is 13.2. The molecule has 0 radical (unpaired) electrons. The average Bonchev–Trinajstić information content (AvgIpc) is 2.86. The summed E-state index contributed by atoms with van der Waals surface area (Å²) in [6.45, 7) is 0.288. The SMILES string of the molecule is Cl.NCc1ccc(C2CC2)cc1F. The molecule has 0 saturated heterocycles. The molecule has 1 fully saturated rings. The molecular weight excluding hydrogens is 189 g/mol. The molecule has 1 saturated carbocycles. The second-order valence-corrected chi connectivity index (χ2v) is 3.33. The van der Waals surface area contributed by atoms with Crippen molar-refractivity contribution >= 4 is 12.4 Å². The van der Waals surface area contributed by atoms with Crippen molar-refractivity contribution in [1.82, 2.24) is 0 Å². The van der Waals surface area contributed by atoms with E-state index in [1.807, 2.05) is 6.07 Å². The quantitative estimate of drug-likeness (QED) is 0.782. The van der Waals surface area contributed by atoms with Gasteiger partial charge in [0.05, 0.1) is 0 Å². The van der Waals surface area contributed by atoms with Crippen LogP contribution < -0.4 is 5.73 Å². The fourth-order valence-corrected chi connectivity index (χ4v) is 1.40. The Morgan fingerprint density at radius 3 is 2.54 bits per heavy atom. The van der Waals surface area contributed by atoms with E-state index in [9.17, 15) is 4.39 Å². The van der Waals surface area contributed by atoms with Gasteiger partial charge >= 0.3 is 0 Å². The minimum absolute atomic E-state index is 0. The van der Waals surface area contributed by atoms with Gasteiger partial charge in [-0.05, 0) is 30.4 Å². The van der Waals surface area contributed by atoms with Crippen LogP contribution in [0, 0.1) is 5.82 Å². The van der Waals surface area contributed by atoms with Crippen LogP contribution in [0.4, 0.5) is 4.39 Å². The number of hydrogen-bond acceptors (Lipinski definition) is 1. The molecule has 1 aliphatic carbocycles. The van der Waals surface area contributed by atoms with E-state index in [1.54, 1.807) is 12.1 Å². The Bertz CT molecular complexity index is 297. The van der Waals surface area contributed by atoms with E-state index >= 15 is 0 Å². The Morgan fingerprint density at radius 1 is 1.38 bits per heavy atom. The summed E-state index contributed by atoms with van der Waals surface area (Å²) in [5, 5.41) is 0. The van der Waals surface area contributed by atoms with Gasteiger partial charge in [-0.3, -0.25) is 0 Å². The van der Waals surface area contributed by atoms with E-state index in [1.165, 1.54) is 12.8 Å². The van der Waals surface area contributed by atoms with Crippen molar-refractivity contribution in [1.29, 1.82) is 0 Å². The van der Waals surface area contributed by atoms with E-state index in [2.05, 4.69) is 0 Å². The Morgan fingerprint density at radius 2 is 2.08 bits per heavy atom. The molecule has 0 heterocycles. The van der Waals surface area contributed by atoms with Crippen LogP contribution in [-0.2, 0) is 6.54 Å². The van der Waals surface area contributed by atoms with Crippen molar-refractivity contribution < 1.29 is 4.39 Å². The minimum atomic E-state index is -0.151. The summed E-state index contributed by atoms with van der Waals surface area (Å²) in [4.78, 5) is 0. The first kappa shape index (κ1) is 10.5. The zero-order valence-corrected chi connectivity index (χ0v) is 8.11. The monoisotopic (exact) mass is 201 g/mol. The molecule has 0 unspecified atom stereocenters. The fourth-order valence-electron chi connectivity index (χ4n) is 1.40. The Balaban J connectivity index is 0.000000845. The van der Waals surface area contributed by atoms with Gasteiger partial charge in [0.2, 0.25) is 0 Å². The molecule has 0 atom stereocenters. The molecule has 0 amide bonds. The second kappa shape index (κ2) is 4.07. The highest BCUT2D eigenvalue weighted by molar-refractivity contribution is 5.85. The second-order valence-electron chi connectivity index (χ2n) is 3.33. The van der Waals surface area contributed by atoms with E-state index < -0.39 is 0 Å². The molecule has 72 valence electrons. The third-order valence-corrected chi connectivity index (χ3v) is 2.35. The highest BCUT2D eigenvalue weighted by atomic mass is 35.5. The molecule has 1 nitrogen and oxygen atoms in total. The summed E-state index contributed by atoms with van der Waals surface area (Å²) in [6.07, 6.45) is 2.42.